The largest absolute Gasteiger partial charge is 0.352 e. The molecule has 1 atom stereocenters. The van der Waals surface area contributed by atoms with Crippen LogP contribution in [0, 0.1) is 11.8 Å². The molecule has 1 aliphatic carbocycles. The van der Waals surface area contributed by atoms with Gasteiger partial charge >= 0.3 is 0 Å². The Morgan fingerprint density at radius 2 is 2.00 bits per heavy atom. The molecule has 3 nitrogen and oxygen atoms in total. The summed E-state index contributed by atoms with van der Waals surface area (Å²) in [6.07, 6.45) is 8.57. The summed E-state index contributed by atoms with van der Waals surface area (Å²) in [4.78, 5) is 12.6. The first kappa shape index (κ1) is 19.3. The summed E-state index contributed by atoms with van der Waals surface area (Å²) in [6, 6.07) is 6.58. The second-order valence-corrected chi connectivity index (χ2v) is 7.30. The van der Waals surface area contributed by atoms with E-state index in [9.17, 15) is 4.79 Å². The molecule has 0 radical (unpaired) electrons. The van der Waals surface area contributed by atoms with Crippen LogP contribution in [0.25, 0.3) is 0 Å². The molecule has 2 aliphatic rings. The van der Waals surface area contributed by atoms with Gasteiger partial charge in [-0.05, 0) is 35.4 Å². The molecular formula is C20H31ClN2O. The van der Waals surface area contributed by atoms with Gasteiger partial charge in [0.2, 0.25) is 5.91 Å². The fraction of sp³-hybridized carbons (Fsp3) is 0.650. The first-order valence-corrected chi connectivity index (χ1v) is 9.35. The van der Waals surface area contributed by atoms with Crippen LogP contribution in [0.15, 0.2) is 18.2 Å². The SMILES string of the molecule is CCCC(CC1CCCC1)C(=O)NCc1ccc2c(c1)CNC2.Cl. The molecule has 1 aromatic carbocycles. The topological polar surface area (TPSA) is 41.1 Å². The highest BCUT2D eigenvalue weighted by Gasteiger charge is 2.24. The summed E-state index contributed by atoms with van der Waals surface area (Å²) in [6.45, 7) is 4.78. The van der Waals surface area contributed by atoms with Crippen molar-refractivity contribution in [3.63, 3.8) is 0 Å². The second kappa shape index (κ2) is 9.43. The van der Waals surface area contributed by atoms with Crippen LogP contribution in [0.1, 0.15) is 68.6 Å². The minimum Gasteiger partial charge on any atom is -0.352 e. The highest BCUT2D eigenvalue weighted by molar-refractivity contribution is 5.85. The van der Waals surface area contributed by atoms with Crippen LogP contribution in [-0.2, 0) is 24.4 Å². The molecule has 0 bridgehead atoms. The van der Waals surface area contributed by atoms with E-state index in [1.54, 1.807) is 0 Å². The van der Waals surface area contributed by atoms with E-state index in [2.05, 4.69) is 35.8 Å². The van der Waals surface area contributed by atoms with Gasteiger partial charge in [0.15, 0.2) is 0 Å². The van der Waals surface area contributed by atoms with Gasteiger partial charge in [0, 0.05) is 25.6 Å². The van der Waals surface area contributed by atoms with Crippen molar-refractivity contribution in [2.24, 2.45) is 11.8 Å². The van der Waals surface area contributed by atoms with E-state index < -0.39 is 0 Å². The van der Waals surface area contributed by atoms with Crippen molar-refractivity contribution in [1.82, 2.24) is 10.6 Å². The van der Waals surface area contributed by atoms with Crippen LogP contribution < -0.4 is 10.6 Å². The molecule has 1 saturated carbocycles. The monoisotopic (exact) mass is 350 g/mol. The number of carbonyl (C=O) groups is 1. The Morgan fingerprint density at radius 1 is 1.25 bits per heavy atom. The highest BCUT2D eigenvalue weighted by atomic mass is 35.5. The molecule has 1 fully saturated rings. The van der Waals surface area contributed by atoms with E-state index in [1.165, 1.54) is 42.4 Å². The Kier molecular flexibility index (Phi) is 7.57. The number of hydrogen-bond donors (Lipinski definition) is 2. The van der Waals surface area contributed by atoms with Gasteiger partial charge in [-0.15, -0.1) is 12.4 Å². The lowest BCUT2D eigenvalue weighted by Crippen LogP contribution is -2.31. The predicted molar refractivity (Wildman–Crippen MR) is 101 cm³/mol. The van der Waals surface area contributed by atoms with Crippen LogP contribution in [-0.4, -0.2) is 5.91 Å². The maximum absolute atomic E-state index is 12.6. The Bertz CT molecular complexity index is 540. The first-order chi connectivity index (χ1) is 11.3. The lowest BCUT2D eigenvalue weighted by Gasteiger charge is -2.19. The lowest BCUT2D eigenvalue weighted by molar-refractivity contribution is -0.126. The standard InChI is InChI=1S/C20H30N2O.ClH/c1-2-5-17(10-15-6-3-4-7-15)20(23)22-12-16-8-9-18-13-21-14-19(18)11-16;/h8-9,11,15,17,21H,2-7,10,12-14H2,1H3,(H,22,23);1H. The molecule has 1 aromatic rings. The summed E-state index contributed by atoms with van der Waals surface area (Å²) in [7, 11) is 0. The van der Waals surface area contributed by atoms with Crippen molar-refractivity contribution in [2.45, 2.75) is 71.5 Å². The normalized spacial score (nSPS) is 18.0. The van der Waals surface area contributed by atoms with Crippen molar-refractivity contribution in [1.29, 1.82) is 0 Å². The van der Waals surface area contributed by atoms with Crippen molar-refractivity contribution in [3.05, 3.63) is 34.9 Å². The van der Waals surface area contributed by atoms with Gasteiger partial charge in [-0.2, -0.15) is 0 Å². The number of benzene rings is 1. The zero-order valence-corrected chi connectivity index (χ0v) is 15.6. The van der Waals surface area contributed by atoms with Crippen LogP contribution >= 0.6 is 12.4 Å². The Balaban J connectivity index is 0.00000208. The molecule has 0 saturated heterocycles. The third-order valence-electron chi connectivity index (χ3n) is 5.47. The van der Waals surface area contributed by atoms with Crippen LogP contribution in [0.4, 0.5) is 0 Å². The Hall–Kier alpha value is -1.06. The summed E-state index contributed by atoms with van der Waals surface area (Å²) >= 11 is 0. The number of fused-ring (bicyclic) bond motifs is 1. The van der Waals surface area contributed by atoms with E-state index in [0.717, 1.165) is 38.3 Å². The molecule has 1 unspecified atom stereocenters. The second-order valence-electron chi connectivity index (χ2n) is 7.30. The Morgan fingerprint density at radius 3 is 2.75 bits per heavy atom. The van der Waals surface area contributed by atoms with Gasteiger partial charge in [-0.1, -0.05) is 57.2 Å². The van der Waals surface area contributed by atoms with Crippen molar-refractivity contribution in [2.75, 3.05) is 0 Å². The molecule has 2 N–H and O–H groups in total. The van der Waals surface area contributed by atoms with Crippen molar-refractivity contribution in [3.8, 4) is 0 Å². The van der Waals surface area contributed by atoms with Crippen LogP contribution in [0.2, 0.25) is 0 Å². The Labute approximate surface area is 152 Å². The smallest absolute Gasteiger partial charge is 0.223 e. The highest BCUT2D eigenvalue weighted by Crippen LogP contribution is 2.31. The summed E-state index contributed by atoms with van der Waals surface area (Å²) in [5.74, 6) is 1.25. The molecule has 4 heteroatoms. The summed E-state index contributed by atoms with van der Waals surface area (Å²) < 4.78 is 0. The third kappa shape index (κ3) is 4.97. The number of amides is 1. The molecule has 1 heterocycles. The fourth-order valence-corrected chi connectivity index (χ4v) is 4.14. The van der Waals surface area contributed by atoms with Gasteiger partial charge in [-0.3, -0.25) is 4.79 Å². The van der Waals surface area contributed by atoms with Gasteiger partial charge in [0.05, 0.1) is 0 Å². The minimum absolute atomic E-state index is 0. The predicted octanol–water partition coefficient (Wildman–Crippen LogP) is 4.32. The average molecular weight is 351 g/mol. The molecule has 3 rings (SSSR count). The van der Waals surface area contributed by atoms with Gasteiger partial charge in [0.25, 0.3) is 0 Å². The maximum Gasteiger partial charge on any atom is 0.223 e. The number of nitrogens with one attached hydrogen (secondary N) is 2. The summed E-state index contributed by atoms with van der Waals surface area (Å²) in [5, 5.41) is 6.56. The summed E-state index contributed by atoms with van der Waals surface area (Å²) in [5.41, 5.74) is 4.00. The van der Waals surface area contributed by atoms with Crippen molar-refractivity contribution < 1.29 is 4.79 Å². The maximum atomic E-state index is 12.6. The first-order valence-electron chi connectivity index (χ1n) is 9.35. The van der Waals surface area contributed by atoms with Gasteiger partial charge in [-0.25, -0.2) is 0 Å². The van der Waals surface area contributed by atoms with Gasteiger partial charge < -0.3 is 10.6 Å². The van der Waals surface area contributed by atoms with E-state index in [-0.39, 0.29) is 24.2 Å². The van der Waals surface area contributed by atoms with E-state index >= 15 is 0 Å². The molecule has 24 heavy (non-hydrogen) atoms. The molecule has 1 aliphatic heterocycles. The molecule has 1 amide bonds. The van der Waals surface area contributed by atoms with Crippen LogP contribution in [0.5, 0.6) is 0 Å². The van der Waals surface area contributed by atoms with E-state index in [1.807, 2.05) is 0 Å². The fourth-order valence-electron chi connectivity index (χ4n) is 4.14. The number of carbonyl (C=O) groups excluding carboxylic acids is 1. The molecule has 134 valence electrons. The molecule has 0 aromatic heterocycles. The average Bonchev–Trinajstić information content (AvgIpc) is 3.22. The minimum atomic E-state index is 0. The van der Waals surface area contributed by atoms with E-state index in [4.69, 9.17) is 0 Å². The van der Waals surface area contributed by atoms with Crippen molar-refractivity contribution >= 4 is 18.3 Å². The van der Waals surface area contributed by atoms with Gasteiger partial charge in [0.1, 0.15) is 0 Å². The molecule has 0 spiro atoms. The number of hydrogen-bond acceptors (Lipinski definition) is 2. The quantitative estimate of drug-likeness (QED) is 0.768. The zero-order chi connectivity index (χ0) is 16.1. The van der Waals surface area contributed by atoms with Crippen LogP contribution in [0.3, 0.4) is 0 Å². The lowest BCUT2D eigenvalue weighted by atomic mass is 9.89. The van der Waals surface area contributed by atoms with E-state index in [0.29, 0.717) is 6.54 Å². The third-order valence-corrected chi connectivity index (χ3v) is 5.47. The number of halogens is 1. The number of rotatable bonds is 7. The zero-order valence-electron chi connectivity index (χ0n) is 14.8. The molecular weight excluding hydrogens is 320 g/mol.